The molecule has 34 heavy (non-hydrogen) atoms. The van der Waals surface area contributed by atoms with E-state index in [4.69, 9.17) is 27.9 Å². The molecule has 0 saturated carbocycles. The van der Waals surface area contributed by atoms with Gasteiger partial charge in [-0.1, -0.05) is 54.7 Å². The van der Waals surface area contributed by atoms with Crippen LogP contribution in [0.25, 0.3) is 5.76 Å². The van der Waals surface area contributed by atoms with Crippen LogP contribution < -0.4 is 4.74 Å². The first kappa shape index (κ1) is 26.1. The van der Waals surface area contributed by atoms with Crippen molar-refractivity contribution in [3.8, 4) is 5.75 Å². The second kappa shape index (κ2) is 11.7. The fraction of sp³-hybridized carbons (Fsp3) is 0.385. The maximum atomic E-state index is 13.1. The van der Waals surface area contributed by atoms with Crippen molar-refractivity contribution in [2.45, 2.75) is 32.2 Å². The Hall–Kier alpha value is -2.54. The molecule has 1 aliphatic heterocycles. The van der Waals surface area contributed by atoms with Crippen LogP contribution in [0, 0.1) is 0 Å². The van der Waals surface area contributed by atoms with Gasteiger partial charge in [0.25, 0.3) is 11.7 Å². The number of hydrogen-bond acceptors (Lipinski definition) is 5. The Morgan fingerprint density at radius 1 is 1.09 bits per heavy atom. The molecule has 0 aromatic heterocycles. The van der Waals surface area contributed by atoms with Gasteiger partial charge >= 0.3 is 0 Å². The molecule has 1 unspecified atom stereocenters. The summed E-state index contributed by atoms with van der Waals surface area (Å²) in [5.74, 6) is -1.03. The third-order valence-electron chi connectivity index (χ3n) is 5.68. The van der Waals surface area contributed by atoms with Crippen LogP contribution >= 0.6 is 23.2 Å². The number of Topliss-reactive ketones (excluding diaryl/α,β-unsaturated/α-hetero) is 1. The summed E-state index contributed by atoms with van der Waals surface area (Å²) in [7, 11) is 3.89. The molecular weight excluding hydrogens is 475 g/mol. The van der Waals surface area contributed by atoms with Crippen LogP contribution in [0.1, 0.15) is 43.4 Å². The van der Waals surface area contributed by atoms with Crippen LogP contribution in [0.15, 0.2) is 48.0 Å². The normalized spacial score (nSPS) is 17.6. The molecule has 1 heterocycles. The molecule has 1 saturated heterocycles. The molecule has 182 valence electrons. The summed E-state index contributed by atoms with van der Waals surface area (Å²) in [4.78, 5) is 29.7. The molecule has 2 aromatic carbocycles. The van der Waals surface area contributed by atoms with Crippen molar-refractivity contribution in [1.29, 1.82) is 0 Å². The van der Waals surface area contributed by atoms with Crippen LogP contribution in [-0.4, -0.2) is 60.4 Å². The second-order valence-corrected chi connectivity index (χ2v) is 9.37. The molecule has 1 N–H and O–H groups in total. The Bertz CT molecular complexity index is 1080. The van der Waals surface area contributed by atoms with Crippen LogP contribution in [0.4, 0.5) is 0 Å². The highest BCUT2D eigenvalue weighted by molar-refractivity contribution is 6.46. The molecule has 0 spiro atoms. The highest BCUT2D eigenvalue weighted by Gasteiger charge is 2.46. The smallest absolute Gasteiger partial charge is 0.295 e. The van der Waals surface area contributed by atoms with E-state index >= 15 is 0 Å². The summed E-state index contributed by atoms with van der Waals surface area (Å²) in [5, 5.41) is 11.9. The monoisotopic (exact) mass is 504 g/mol. The lowest BCUT2D eigenvalue weighted by atomic mass is 9.95. The molecule has 0 bridgehead atoms. The van der Waals surface area contributed by atoms with Gasteiger partial charge in [-0.15, -0.1) is 0 Å². The van der Waals surface area contributed by atoms with Gasteiger partial charge in [-0.2, -0.15) is 0 Å². The minimum Gasteiger partial charge on any atom is -0.507 e. The Balaban J connectivity index is 2.06. The molecule has 1 amide bonds. The van der Waals surface area contributed by atoms with Gasteiger partial charge in [-0.3, -0.25) is 9.59 Å². The molecule has 6 nitrogen and oxygen atoms in total. The number of aliphatic hydroxyl groups excluding tert-OH is 1. The van der Waals surface area contributed by atoms with E-state index < -0.39 is 17.7 Å². The summed E-state index contributed by atoms with van der Waals surface area (Å²) < 4.78 is 5.75. The third-order valence-corrected chi connectivity index (χ3v) is 6.42. The molecule has 1 aliphatic rings. The topological polar surface area (TPSA) is 70.1 Å². The fourth-order valence-corrected chi connectivity index (χ4v) is 4.23. The Morgan fingerprint density at radius 3 is 2.53 bits per heavy atom. The number of aliphatic hydroxyl groups is 1. The van der Waals surface area contributed by atoms with E-state index in [0.29, 0.717) is 46.5 Å². The van der Waals surface area contributed by atoms with Gasteiger partial charge in [-0.05, 0) is 63.3 Å². The zero-order valence-electron chi connectivity index (χ0n) is 19.7. The van der Waals surface area contributed by atoms with Crippen LogP contribution in [0.2, 0.25) is 10.0 Å². The van der Waals surface area contributed by atoms with E-state index in [-0.39, 0.29) is 11.3 Å². The van der Waals surface area contributed by atoms with Gasteiger partial charge in [0, 0.05) is 12.1 Å². The molecular formula is C26H30Cl2N2O4. The number of ketones is 1. The van der Waals surface area contributed by atoms with Crippen molar-refractivity contribution in [1.82, 2.24) is 9.80 Å². The highest BCUT2D eigenvalue weighted by Crippen LogP contribution is 2.41. The lowest BCUT2D eigenvalue weighted by molar-refractivity contribution is -0.139. The van der Waals surface area contributed by atoms with E-state index in [1.54, 1.807) is 42.5 Å². The number of amides is 1. The van der Waals surface area contributed by atoms with Gasteiger partial charge < -0.3 is 19.6 Å². The molecule has 8 heteroatoms. The van der Waals surface area contributed by atoms with Crippen LogP contribution in [-0.2, 0) is 9.59 Å². The summed E-state index contributed by atoms with van der Waals surface area (Å²) in [6.45, 7) is 3.73. The largest absolute Gasteiger partial charge is 0.507 e. The van der Waals surface area contributed by atoms with Crippen LogP contribution in [0.3, 0.4) is 0 Å². The number of unbranched alkanes of at least 4 members (excludes halogenated alkanes) is 1. The number of hydrogen-bond donors (Lipinski definition) is 1. The maximum absolute atomic E-state index is 13.1. The van der Waals surface area contributed by atoms with Crippen molar-refractivity contribution < 1.29 is 19.4 Å². The first-order valence-corrected chi connectivity index (χ1v) is 12.1. The third kappa shape index (κ3) is 5.93. The van der Waals surface area contributed by atoms with Crippen molar-refractivity contribution in [2.24, 2.45) is 0 Å². The molecule has 1 atom stereocenters. The number of nitrogens with zero attached hydrogens (tertiary/aromatic N) is 2. The predicted octanol–water partition coefficient (Wildman–Crippen LogP) is 5.55. The van der Waals surface area contributed by atoms with Crippen LogP contribution in [0.5, 0.6) is 5.75 Å². The maximum Gasteiger partial charge on any atom is 0.295 e. The zero-order chi connectivity index (χ0) is 24.8. The van der Waals surface area contributed by atoms with E-state index in [1.807, 2.05) is 19.0 Å². The summed E-state index contributed by atoms with van der Waals surface area (Å²) in [6.07, 6.45) is 2.57. The minimum atomic E-state index is -0.776. The quantitative estimate of drug-likeness (QED) is 0.199. The first-order chi connectivity index (χ1) is 16.2. The van der Waals surface area contributed by atoms with Gasteiger partial charge in [0.2, 0.25) is 0 Å². The molecule has 0 aliphatic carbocycles. The van der Waals surface area contributed by atoms with Gasteiger partial charge in [0.1, 0.15) is 11.5 Å². The Morgan fingerprint density at radius 2 is 1.85 bits per heavy atom. The standard InChI is InChI=1S/C26H30Cl2N2O4/c1-4-5-14-34-19-9-6-8-18(15-19)24(31)22-23(17-10-11-20(27)21(28)16-17)30(26(33)25(22)32)13-7-12-29(2)3/h6,8-11,15-16,23,31H,4-5,7,12-14H2,1-3H3/b24-22+. The predicted molar refractivity (Wildman–Crippen MR) is 135 cm³/mol. The minimum absolute atomic E-state index is 0.0268. The van der Waals surface area contributed by atoms with Gasteiger partial charge in [0.05, 0.1) is 28.3 Å². The van der Waals surface area contributed by atoms with E-state index in [1.165, 1.54) is 4.90 Å². The highest BCUT2D eigenvalue weighted by atomic mass is 35.5. The van der Waals surface area contributed by atoms with Gasteiger partial charge in [-0.25, -0.2) is 0 Å². The van der Waals surface area contributed by atoms with Gasteiger partial charge in [0.15, 0.2) is 0 Å². The lowest BCUT2D eigenvalue weighted by Gasteiger charge is -2.26. The number of carbonyl (C=O) groups is 2. The number of carbonyl (C=O) groups excluding carboxylic acids is 2. The number of rotatable bonds is 10. The van der Waals surface area contributed by atoms with Crippen molar-refractivity contribution in [3.05, 3.63) is 69.2 Å². The average molecular weight is 505 g/mol. The summed E-state index contributed by atoms with van der Waals surface area (Å²) >= 11 is 12.4. The summed E-state index contributed by atoms with van der Waals surface area (Å²) in [6, 6.07) is 11.1. The van der Waals surface area contributed by atoms with E-state index in [2.05, 4.69) is 6.92 Å². The Kier molecular flexibility index (Phi) is 9.00. The first-order valence-electron chi connectivity index (χ1n) is 11.4. The van der Waals surface area contributed by atoms with Crippen molar-refractivity contribution in [3.63, 3.8) is 0 Å². The lowest BCUT2D eigenvalue weighted by Crippen LogP contribution is -2.32. The SMILES string of the molecule is CCCCOc1cccc(/C(O)=C2\C(=O)C(=O)N(CCCN(C)C)C2c2ccc(Cl)c(Cl)c2)c1. The molecule has 3 rings (SSSR count). The second-order valence-electron chi connectivity index (χ2n) is 8.55. The fourth-order valence-electron chi connectivity index (χ4n) is 3.92. The average Bonchev–Trinajstić information content (AvgIpc) is 3.05. The zero-order valence-corrected chi connectivity index (χ0v) is 21.2. The molecule has 0 radical (unpaired) electrons. The number of ether oxygens (including phenoxy) is 1. The van der Waals surface area contributed by atoms with E-state index in [0.717, 1.165) is 19.4 Å². The van der Waals surface area contributed by atoms with E-state index in [9.17, 15) is 14.7 Å². The number of halogens is 2. The number of likely N-dealkylation sites (tertiary alicyclic amines) is 1. The van der Waals surface area contributed by atoms with Crippen molar-refractivity contribution in [2.75, 3.05) is 33.8 Å². The number of benzene rings is 2. The molecule has 1 fully saturated rings. The Labute approximate surface area is 210 Å². The molecule has 2 aromatic rings. The summed E-state index contributed by atoms with van der Waals surface area (Å²) in [5.41, 5.74) is 1.04. The van der Waals surface area contributed by atoms with Crippen molar-refractivity contribution >= 4 is 40.7 Å².